The number of rotatable bonds is 4. The zero-order valence-corrected chi connectivity index (χ0v) is 12.7. The molecule has 23 heavy (non-hydrogen) atoms. The second-order valence-corrected chi connectivity index (χ2v) is 5.32. The second-order valence-electron chi connectivity index (χ2n) is 4.07. The first-order valence-electron chi connectivity index (χ1n) is 5.34. The molecular formula is C11H4Cl3F7O2. The van der Waals surface area contributed by atoms with E-state index in [9.17, 15) is 35.5 Å². The molecule has 1 rings (SSSR count). The highest BCUT2D eigenvalue weighted by Gasteiger charge is 2.77. The molecule has 0 aliphatic heterocycles. The number of halogens is 10. The summed E-state index contributed by atoms with van der Waals surface area (Å²) in [5, 5.41) is -0.494. The lowest BCUT2D eigenvalue weighted by Crippen LogP contribution is -2.56. The number of hydrogen-bond donors (Lipinski definition) is 0. The summed E-state index contributed by atoms with van der Waals surface area (Å²) in [7, 11) is 0. The monoisotopic (exact) mass is 406 g/mol. The Hall–Kier alpha value is -0.930. The first-order chi connectivity index (χ1) is 10.2. The van der Waals surface area contributed by atoms with E-state index in [0.29, 0.717) is 0 Å². The van der Waals surface area contributed by atoms with Crippen molar-refractivity contribution in [3.8, 4) is 0 Å². The molecular weight excluding hydrogens is 403 g/mol. The van der Waals surface area contributed by atoms with Crippen molar-refractivity contribution in [2.45, 2.75) is 24.6 Å². The van der Waals surface area contributed by atoms with Gasteiger partial charge in [-0.25, -0.2) is 4.79 Å². The number of esters is 1. The Balaban J connectivity index is 2.97. The SMILES string of the molecule is O=C(OCc1c(Cl)cc(Cl)cc1Cl)C(F)(F)C(F)(F)C(F)(F)F. The van der Waals surface area contributed by atoms with E-state index >= 15 is 0 Å². The highest BCUT2D eigenvalue weighted by molar-refractivity contribution is 6.39. The quantitative estimate of drug-likeness (QED) is 0.485. The maximum absolute atomic E-state index is 13.0. The summed E-state index contributed by atoms with van der Waals surface area (Å²) in [5.41, 5.74) is -0.294. The lowest BCUT2D eigenvalue weighted by atomic mass is 10.1. The van der Waals surface area contributed by atoms with Gasteiger partial charge in [0, 0.05) is 10.6 Å². The molecule has 1 aromatic carbocycles. The molecule has 0 bridgehead atoms. The summed E-state index contributed by atoms with van der Waals surface area (Å²) < 4.78 is 90.9. The Bertz CT molecular complexity index is 593. The summed E-state index contributed by atoms with van der Waals surface area (Å²) in [4.78, 5) is 11.0. The fourth-order valence-corrected chi connectivity index (χ4v) is 2.17. The van der Waals surface area contributed by atoms with E-state index in [-0.39, 0.29) is 20.6 Å². The van der Waals surface area contributed by atoms with Crippen LogP contribution in [0, 0.1) is 0 Å². The number of hydrogen-bond acceptors (Lipinski definition) is 2. The fourth-order valence-electron chi connectivity index (χ4n) is 1.24. The Labute approximate surface area is 139 Å². The van der Waals surface area contributed by atoms with E-state index in [0.717, 1.165) is 12.1 Å². The summed E-state index contributed by atoms with van der Waals surface area (Å²) in [5.74, 6) is -15.8. The molecule has 0 saturated heterocycles. The van der Waals surface area contributed by atoms with Crippen LogP contribution >= 0.6 is 34.8 Å². The number of alkyl halides is 7. The number of benzene rings is 1. The third kappa shape index (κ3) is 3.95. The molecule has 0 heterocycles. The van der Waals surface area contributed by atoms with E-state index < -0.39 is 30.6 Å². The average molecular weight is 407 g/mol. The number of carbonyl (C=O) groups is 1. The first kappa shape index (κ1) is 20.1. The molecule has 0 saturated carbocycles. The maximum Gasteiger partial charge on any atom is 0.460 e. The van der Waals surface area contributed by atoms with E-state index in [1.807, 2.05) is 0 Å². The van der Waals surface area contributed by atoms with Crippen LogP contribution in [0.4, 0.5) is 30.7 Å². The maximum atomic E-state index is 13.0. The van der Waals surface area contributed by atoms with Gasteiger partial charge in [0.1, 0.15) is 6.61 Å². The van der Waals surface area contributed by atoms with Crippen LogP contribution in [0.5, 0.6) is 0 Å². The van der Waals surface area contributed by atoms with Crippen LogP contribution in [0.2, 0.25) is 15.1 Å². The van der Waals surface area contributed by atoms with Crippen molar-refractivity contribution in [2.24, 2.45) is 0 Å². The van der Waals surface area contributed by atoms with Gasteiger partial charge in [0.25, 0.3) is 0 Å². The molecule has 130 valence electrons. The topological polar surface area (TPSA) is 26.3 Å². The molecule has 2 nitrogen and oxygen atoms in total. The standard InChI is InChI=1S/C11H4Cl3F7O2/c12-4-1-6(13)5(7(14)2-4)3-23-8(22)9(15,16)10(17,18)11(19,20)21/h1-2H,3H2. The predicted octanol–water partition coefficient (Wildman–Crippen LogP) is 5.52. The van der Waals surface area contributed by atoms with Crippen molar-refractivity contribution < 1.29 is 40.3 Å². The summed E-state index contributed by atoms with van der Waals surface area (Å²) >= 11 is 16.8. The minimum absolute atomic E-state index is 0.0315. The number of ether oxygens (including phenoxy) is 1. The average Bonchev–Trinajstić information content (AvgIpc) is 2.35. The second kappa shape index (κ2) is 6.52. The third-order valence-corrected chi connectivity index (χ3v) is 3.35. The van der Waals surface area contributed by atoms with Crippen molar-refractivity contribution >= 4 is 40.8 Å². The lowest BCUT2D eigenvalue weighted by Gasteiger charge is -2.26. The Morgan fingerprint density at radius 1 is 0.957 bits per heavy atom. The van der Waals surface area contributed by atoms with Crippen molar-refractivity contribution in [1.82, 2.24) is 0 Å². The molecule has 0 amide bonds. The lowest BCUT2D eigenvalue weighted by molar-refractivity contribution is -0.348. The zero-order valence-electron chi connectivity index (χ0n) is 10.5. The zero-order chi connectivity index (χ0) is 18.2. The van der Waals surface area contributed by atoms with Gasteiger partial charge in [-0.2, -0.15) is 30.7 Å². The molecule has 12 heteroatoms. The predicted molar refractivity (Wildman–Crippen MR) is 67.2 cm³/mol. The minimum Gasteiger partial charge on any atom is -0.456 e. The minimum atomic E-state index is -6.65. The van der Waals surface area contributed by atoms with Gasteiger partial charge in [-0.15, -0.1) is 0 Å². The third-order valence-electron chi connectivity index (χ3n) is 2.46. The fraction of sp³-hybridized carbons (Fsp3) is 0.364. The molecule has 0 aromatic heterocycles. The Morgan fingerprint density at radius 2 is 1.39 bits per heavy atom. The van der Waals surface area contributed by atoms with Gasteiger partial charge in [0.15, 0.2) is 0 Å². The smallest absolute Gasteiger partial charge is 0.456 e. The van der Waals surface area contributed by atoms with Crippen LogP contribution < -0.4 is 0 Å². The van der Waals surface area contributed by atoms with Crippen molar-refractivity contribution in [2.75, 3.05) is 0 Å². The van der Waals surface area contributed by atoms with E-state index in [1.54, 1.807) is 0 Å². The van der Waals surface area contributed by atoms with Crippen LogP contribution in [0.15, 0.2) is 12.1 Å². The molecule has 0 atom stereocenters. The van der Waals surface area contributed by atoms with E-state index in [1.165, 1.54) is 0 Å². The summed E-state index contributed by atoms with van der Waals surface area (Å²) in [6, 6.07) is 2.14. The molecule has 0 fully saturated rings. The van der Waals surface area contributed by atoms with Crippen molar-refractivity contribution in [1.29, 1.82) is 0 Å². The van der Waals surface area contributed by atoms with Crippen LogP contribution in [-0.2, 0) is 16.1 Å². The Kier molecular flexibility index (Phi) is 5.71. The molecule has 0 unspecified atom stereocenters. The number of carbonyl (C=O) groups excluding carboxylic acids is 1. The Morgan fingerprint density at radius 3 is 1.78 bits per heavy atom. The van der Waals surface area contributed by atoms with Crippen LogP contribution in [0.3, 0.4) is 0 Å². The molecule has 0 spiro atoms. The van der Waals surface area contributed by atoms with Crippen molar-refractivity contribution in [3.63, 3.8) is 0 Å². The molecule has 1 aromatic rings. The highest BCUT2D eigenvalue weighted by Crippen LogP contribution is 2.47. The summed E-state index contributed by atoms with van der Waals surface area (Å²) in [6.07, 6.45) is -6.65. The van der Waals surface area contributed by atoms with Crippen LogP contribution in [0.1, 0.15) is 5.56 Å². The summed E-state index contributed by atoms with van der Waals surface area (Å²) in [6.45, 7) is -1.16. The van der Waals surface area contributed by atoms with Gasteiger partial charge < -0.3 is 4.74 Å². The van der Waals surface area contributed by atoms with Gasteiger partial charge in [-0.1, -0.05) is 34.8 Å². The molecule has 0 N–H and O–H groups in total. The van der Waals surface area contributed by atoms with E-state index in [4.69, 9.17) is 34.8 Å². The highest BCUT2D eigenvalue weighted by atomic mass is 35.5. The van der Waals surface area contributed by atoms with Crippen molar-refractivity contribution in [3.05, 3.63) is 32.8 Å². The van der Waals surface area contributed by atoms with Gasteiger partial charge in [-0.05, 0) is 12.1 Å². The van der Waals surface area contributed by atoms with Gasteiger partial charge in [-0.3, -0.25) is 0 Å². The first-order valence-corrected chi connectivity index (χ1v) is 6.48. The van der Waals surface area contributed by atoms with Crippen LogP contribution in [0.25, 0.3) is 0 Å². The van der Waals surface area contributed by atoms with E-state index in [2.05, 4.69) is 4.74 Å². The largest absolute Gasteiger partial charge is 0.460 e. The van der Waals surface area contributed by atoms with Crippen LogP contribution in [-0.4, -0.2) is 24.0 Å². The molecule has 0 aliphatic rings. The van der Waals surface area contributed by atoms with Gasteiger partial charge in [0.05, 0.1) is 10.0 Å². The molecule has 0 radical (unpaired) electrons. The molecule has 0 aliphatic carbocycles. The van der Waals surface area contributed by atoms with Gasteiger partial charge >= 0.3 is 24.0 Å². The normalized spacial score (nSPS) is 13.1. The van der Waals surface area contributed by atoms with Gasteiger partial charge in [0.2, 0.25) is 0 Å².